The standard InChI is InChI=1S/C20H24ClN3O4/c1-27-17-8-7-14(11-16(17)21)13-28-18-15(19(25)26)12-22-20(23-18)24-9-5-3-2-4-6-10-24/h7-8,11-12H,2-6,9-10,13H2,1H3,(H,25,26). The molecule has 0 spiro atoms. The number of hydrogen-bond donors (Lipinski definition) is 1. The summed E-state index contributed by atoms with van der Waals surface area (Å²) in [6, 6.07) is 5.28. The molecule has 2 heterocycles. The van der Waals surface area contributed by atoms with Crippen LogP contribution in [0.15, 0.2) is 24.4 Å². The van der Waals surface area contributed by atoms with Gasteiger partial charge in [0.2, 0.25) is 11.8 Å². The number of carboxylic acids is 1. The number of halogens is 1. The summed E-state index contributed by atoms with van der Waals surface area (Å²) in [5, 5.41) is 9.91. The zero-order valence-corrected chi connectivity index (χ0v) is 16.6. The Morgan fingerprint density at radius 1 is 1.21 bits per heavy atom. The monoisotopic (exact) mass is 405 g/mol. The Morgan fingerprint density at radius 2 is 1.93 bits per heavy atom. The Hall–Kier alpha value is -2.54. The van der Waals surface area contributed by atoms with Crippen molar-refractivity contribution in [1.29, 1.82) is 0 Å². The first kappa shape index (κ1) is 20.2. The molecule has 2 aromatic rings. The maximum Gasteiger partial charge on any atom is 0.342 e. The van der Waals surface area contributed by atoms with Crippen LogP contribution in [0, 0.1) is 0 Å². The number of aromatic carboxylic acids is 1. The molecule has 1 aromatic carbocycles. The van der Waals surface area contributed by atoms with Gasteiger partial charge in [-0.15, -0.1) is 0 Å². The van der Waals surface area contributed by atoms with E-state index in [0.717, 1.165) is 31.5 Å². The van der Waals surface area contributed by atoms with E-state index in [1.165, 1.54) is 25.5 Å². The molecule has 0 atom stereocenters. The number of anilines is 1. The maximum atomic E-state index is 11.5. The largest absolute Gasteiger partial charge is 0.495 e. The lowest BCUT2D eigenvalue weighted by Gasteiger charge is -2.25. The summed E-state index contributed by atoms with van der Waals surface area (Å²) < 4.78 is 10.9. The molecule has 0 radical (unpaired) electrons. The highest BCUT2D eigenvalue weighted by Gasteiger charge is 2.19. The van der Waals surface area contributed by atoms with E-state index in [1.807, 2.05) is 6.07 Å². The van der Waals surface area contributed by atoms with Gasteiger partial charge in [-0.3, -0.25) is 0 Å². The zero-order valence-electron chi connectivity index (χ0n) is 15.9. The maximum absolute atomic E-state index is 11.5. The van der Waals surface area contributed by atoms with E-state index >= 15 is 0 Å². The van der Waals surface area contributed by atoms with Crippen molar-refractivity contribution in [2.45, 2.75) is 38.7 Å². The average molecular weight is 406 g/mol. The van der Waals surface area contributed by atoms with Gasteiger partial charge in [-0.2, -0.15) is 4.98 Å². The Kier molecular flexibility index (Phi) is 6.92. The lowest BCUT2D eigenvalue weighted by atomic mass is 10.1. The zero-order chi connectivity index (χ0) is 19.9. The summed E-state index contributed by atoms with van der Waals surface area (Å²) in [7, 11) is 1.55. The van der Waals surface area contributed by atoms with Crippen LogP contribution >= 0.6 is 11.6 Å². The Balaban J connectivity index is 1.79. The summed E-state index contributed by atoms with van der Waals surface area (Å²) >= 11 is 6.14. The van der Waals surface area contributed by atoms with Gasteiger partial charge in [-0.25, -0.2) is 9.78 Å². The fraction of sp³-hybridized carbons (Fsp3) is 0.450. The van der Waals surface area contributed by atoms with Gasteiger partial charge >= 0.3 is 5.97 Å². The molecule has 0 bridgehead atoms. The highest BCUT2D eigenvalue weighted by Crippen LogP contribution is 2.26. The predicted molar refractivity (Wildman–Crippen MR) is 107 cm³/mol. The third-order valence-corrected chi connectivity index (χ3v) is 5.00. The van der Waals surface area contributed by atoms with Crippen molar-refractivity contribution in [3.8, 4) is 11.6 Å². The number of ether oxygens (including phenoxy) is 2. The smallest absolute Gasteiger partial charge is 0.342 e. The SMILES string of the molecule is COc1ccc(COc2nc(N3CCCCCCC3)ncc2C(=O)O)cc1Cl. The minimum atomic E-state index is -1.12. The second-order valence-electron chi connectivity index (χ2n) is 6.71. The molecule has 1 N–H and O–H groups in total. The van der Waals surface area contributed by atoms with Crippen molar-refractivity contribution in [2.24, 2.45) is 0 Å². The third kappa shape index (κ3) is 5.04. The van der Waals surface area contributed by atoms with Crippen LogP contribution in [0.5, 0.6) is 11.6 Å². The normalized spacial score (nSPS) is 14.9. The lowest BCUT2D eigenvalue weighted by Crippen LogP contribution is -2.29. The van der Waals surface area contributed by atoms with Crippen LogP contribution in [-0.2, 0) is 6.61 Å². The molecule has 3 rings (SSSR count). The van der Waals surface area contributed by atoms with Crippen molar-refractivity contribution < 1.29 is 19.4 Å². The van der Waals surface area contributed by atoms with Gasteiger partial charge in [0, 0.05) is 13.1 Å². The molecule has 1 fully saturated rings. The van der Waals surface area contributed by atoms with E-state index in [1.54, 1.807) is 19.2 Å². The number of carboxylic acid groups (broad SMARTS) is 1. The lowest BCUT2D eigenvalue weighted by molar-refractivity contribution is 0.0690. The fourth-order valence-corrected chi connectivity index (χ4v) is 3.45. The van der Waals surface area contributed by atoms with Crippen LogP contribution in [-0.4, -0.2) is 41.2 Å². The van der Waals surface area contributed by atoms with E-state index in [2.05, 4.69) is 14.9 Å². The first-order chi connectivity index (χ1) is 13.6. The first-order valence-corrected chi connectivity index (χ1v) is 9.77. The molecular weight excluding hydrogens is 382 g/mol. The van der Waals surface area contributed by atoms with Crippen LogP contribution in [0.4, 0.5) is 5.95 Å². The predicted octanol–water partition coefficient (Wildman–Crippen LogP) is 4.19. The molecule has 1 saturated heterocycles. The number of methoxy groups -OCH3 is 1. The van der Waals surface area contributed by atoms with E-state index in [4.69, 9.17) is 21.1 Å². The molecule has 28 heavy (non-hydrogen) atoms. The van der Waals surface area contributed by atoms with Gasteiger partial charge < -0.3 is 19.5 Å². The summed E-state index contributed by atoms with van der Waals surface area (Å²) in [5.41, 5.74) is 0.726. The Morgan fingerprint density at radius 3 is 2.57 bits per heavy atom. The minimum absolute atomic E-state index is 0.0598. The first-order valence-electron chi connectivity index (χ1n) is 9.39. The van der Waals surface area contributed by atoms with Gasteiger partial charge in [-0.05, 0) is 30.5 Å². The molecule has 150 valence electrons. The van der Waals surface area contributed by atoms with E-state index in [-0.39, 0.29) is 18.1 Å². The summed E-state index contributed by atoms with van der Waals surface area (Å²) in [6.45, 7) is 1.86. The number of aromatic nitrogens is 2. The van der Waals surface area contributed by atoms with Crippen molar-refractivity contribution in [3.63, 3.8) is 0 Å². The van der Waals surface area contributed by atoms with Crippen molar-refractivity contribution in [1.82, 2.24) is 9.97 Å². The molecule has 1 aromatic heterocycles. The average Bonchev–Trinajstić information content (AvgIpc) is 2.66. The summed E-state index contributed by atoms with van der Waals surface area (Å²) in [6.07, 6.45) is 7.09. The number of rotatable bonds is 6. The topological polar surface area (TPSA) is 84.8 Å². The second kappa shape index (κ2) is 9.59. The molecule has 0 aliphatic carbocycles. The Bertz CT molecular complexity index is 823. The molecule has 8 heteroatoms. The van der Waals surface area contributed by atoms with E-state index in [9.17, 15) is 9.90 Å². The third-order valence-electron chi connectivity index (χ3n) is 4.70. The van der Waals surface area contributed by atoms with Gasteiger partial charge in [0.1, 0.15) is 17.9 Å². The highest BCUT2D eigenvalue weighted by molar-refractivity contribution is 6.32. The van der Waals surface area contributed by atoms with Crippen LogP contribution in [0.3, 0.4) is 0 Å². The van der Waals surface area contributed by atoms with Crippen molar-refractivity contribution in [3.05, 3.63) is 40.5 Å². The Labute approximate surface area is 169 Å². The molecule has 1 aliphatic rings. The molecule has 0 saturated carbocycles. The number of benzene rings is 1. The van der Waals surface area contributed by atoms with Crippen LogP contribution in [0.1, 0.15) is 48.0 Å². The van der Waals surface area contributed by atoms with E-state index < -0.39 is 5.97 Å². The molecular formula is C20H24ClN3O4. The second-order valence-corrected chi connectivity index (χ2v) is 7.11. The van der Waals surface area contributed by atoms with E-state index in [0.29, 0.717) is 16.7 Å². The van der Waals surface area contributed by atoms with Gasteiger partial charge in [0.15, 0.2) is 0 Å². The summed E-state index contributed by atoms with van der Waals surface area (Å²) in [4.78, 5) is 22.3. The fourth-order valence-electron chi connectivity index (χ4n) is 3.17. The quantitative estimate of drug-likeness (QED) is 0.771. The molecule has 1 aliphatic heterocycles. The van der Waals surface area contributed by atoms with Gasteiger partial charge in [-0.1, -0.05) is 36.9 Å². The van der Waals surface area contributed by atoms with Crippen LogP contribution < -0.4 is 14.4 Å². The molecule has 0 amide bonds. The molecule has 0 unspecified atom stereocenters. The number of hydrogen-bond acceptors (Lipinski definition) is 6. The highest BCUT2D eigenvalue weighted by atomic mass is 35.5. The van der Waals surface area contributed by atoms with Crippen molar-refractivity contribution in [2.75, 3.05) is 25.1 Å². The van der Waals surface area contributed by atoms with Gasteiger partial charge in [0.05, 0.1) is 18.3 Å². The van der Waals surface area contributed by atoms with Crippen LogP contribution in [0.2, 0.25) is 5.02 Å². The summed E-state index contributed by atoms with van der Waals surface area (Å²) in [5.74, 6) is 0.0150. The number of nitrogens with zero attached hydrogens (tertiary/aromatic N) is 3. The minimum Gasteiger partial charge on any atom is -0.495 e. The number of carbonyl (C=O) groups is 1. The van der Waals surface area contributed by atoms with Crippen LogP contribution in [0.25, 0.3) is 0 Å². The van der Waals surface area contributed by atoms with Gasteiger partial charge in [0.25, 0.3) is 0 Å². The van der Waals surface area contributed by atoms with Crippen molar-refractivity contribution >= 4 is 23.5 Å². The molecule has 7 nitrogen and oxygen atoms in total.